The first-order valence-electron chi connectivity index (χ1n) is 41.4. The van der Waals surface area contributed by atoms with Crippen LogP contribution in [0.3, 0.4) is 0 Å². The molecule has 5 fully saturated rings. The number of aliphatic hydroxyl groups is 2. The van der Waals surface area contributed by atoms with Crippen molar-refractivity contribution in [2.75, 3.05) is 66.1 Å². The molecular formula is C85H121N13O20S4. The number of nitrogens with one attached hydrogen (secondary N) is 4. The number of esters is 1. The number of fused-ring (bicyclic) bond motifs is 1. The predicted molar refractivity (Wildman–Crippen MR) is 457 cm³/mol. The van der Waals surface area contributed by atoms with Gasteiger partial charge in [0.05, 0.1) is 50.5 Å². The topological polar surface area (TPSA) is 459 Å². The summed E-state index contributed by atoms with van der Waals surface area (Å²) in [5.41, 5.74) is 3.29. The van der Waals surface area contributed by atoms with E-state index in [0.717, 1.165) is 49.3 Å². The highest BCUT2D eigenvalue weighted by molar-refractivity contribution is 7.90. The second-order valence-electron chi connectivity index (χ2n) is 33.2. The van der Waals surface area contributed by atoms with Crippen LogP contribution in [0.2, 0.25) is 0 Å². The lowest BCUT2D eigenvalue weighted by Gasteiger charge is -2.38. The van der Waals surface area contributed by atoms with Gasteiger partial charge in [0.1, 0.15) is 28.0 Å². The summed E-state index contributed by atoms with van der Waals surface area (Å²) in [4.78, 5) is 93.1. The maximum Gasteiger partial charge on any atom is 0.408 e. The van der Waals surface area contributed by atoms with Crippen LogP contribution in [0.1, 0.15) is 169 Å². The van der Waals surface area contributed by atoms with Gasteiger partial charge in [-0.2, -0.15) is 17.2 Å². The molecule has 5 aromatic heterocycles. The molecule has 8 N–H and O–H groups in total. The molecule has 122 heavy (non-hydrogen) atoms. The monoisotopic (exact) mass is 1770 g/mol. The molecule has 0 radical (unpaired) electrons. The van der Waals surface area contributed by atoms with Crippen LogP contribution in [0.25, 0.3) is 11.0 Å². The number of alkyl carbamates (subject to hydrolysis) is 1. The molecule has 10 atom stereocenters. The van der Waals surface area contributed by atoms with Crippen LogP contribution < -0.4 is 31.7 Å². The van der Waals surface area contributed by atoms with Crippen LogP contribution in [0.5, 0.6) is 5.75 Å². The van der Waals surface area contributed by atoms with Crippen LogP contribution in [-0.2, 0) is 68.7 Å². The molecule has 1 aromatic carbocycles. The number of β-amino-alcohol motifs (C(OH)–C–C–N with tert-alkyl or cyclic N) is 2. The number of allylic oxidation sites excluding steroid dienone is 2. The summed E-state index contributed by atoms with van der Waals surface area (Å²) in [5, 5.41) is 33.0. The maximum atomic E-state index is 13.8. The van der Waals surface area contributed by atoms with Crippen LogP contribution in [0.4, 0.5) is 4.79 Å². The lowest BCUT2D eigenvalue weighted by Crippen LogP contribution is -2.63. The van der Waals surface area contributed by atoms with E-state index in [-0.39, 0.29) is 107 Å². The average Bonchev–Trinajstić information content (AvgIpc) is 1.59. The van der Waals surface area contributed by atoms with E-state index < -0.39 is 105 Å². The number of carbonyl (C=O) groups excluding carboxylic acids is 6. The number of sulfonamides is 4. The predicted octanol–water partition coefficient (Wildman–Crippen LogP) is 8.47. The Kier molecular flexibility index (Phi) is 35.9. The summed E-state index contributed by atoms with van der Waals surface area (Å²) in [6, 6.07) is 23.8. The summed E-state index contributed by atoms with van der Waals surface area (Å²) in [5.74, 6) is -1.14. The summed E-state index contributed by atoms with van der Waals surface area (Å²) >= 11 is 0. The van der Waals surface area contributed by atoms with Gasteiger partial charge in [0.15, 0.2) is 31.6 Å². The summed E-state index contributed by atoms with van der Waals surface area (Å²) in [7, 11) is -13.4. The summed E-state index contributed by atoms with van der Waals surface area (Å²) in [6.45, 7) is 21.7. The Balaban J connectivity index is 0.000000205. The van der Waals surface area contributed by atoms with Gasteiger partial charge in [0.25, 0.3) is 46.0 Å². The van der Waals surface area contributed by atoms with E-state index in [4.69, 9.17) is 24.4 Å². The second kappa shape index (κ2) is 44.5. The number of pyridine rings is 4. The second-order valence-corrected chi connectivity index (χ2v) is 40.7. The number of aliphatic hydroxyl groups excluding tert-OH is 2. The average molecular weight is 1770 g/mol. The van der Waals surface area contributed by atoms with E-state index in [1.165, 1.54) is 62.0 Å². The molecule has 33 nitrogen and oxygen atoms in total. The zero-order chi connectivity index (χ0) is 89.4. The van der Waals surface area contributed by atoms with Crippen molar-refractivity contribution in [3.8, 4) is 5.75 Å². The van der Waals surface area contributed by atoms with Crippen molar-refractivity contribution >= 4 is 86.6 Å². The van der Waals surface area contributed by atoms with E-state index in [0.29, 0.717) is 93.8 Å². The molecule has 0 spiro atoms. The molecule has 3 saturated heterocycles. The van der Waals surface area contributed by atoms with Crippen molar-refractivity contribution < 1.29 is 91.3 Å². The summed E-state index contributed by atoms with van der Waals surface area (Å²) < 4.78 is 128. The van der Waals surface area contributed by atoms with Crippen LogP contribution >= 0.6 is 0 Å². The van der Waals surface area contributed by atoms with Gasteiger partial charge in [-0.05, 0) is 182 Å². The first kappa shape index (κ1) is 98.4. The molecule has 2 saturated carbocycles. The SMILES string of the molecule is C=CCC(C)C(=O)OCC.COc1ccc2oc(C(=O)NC3(C(=O)N[C@H]4C[C@H](C)CN(S(=O)(=O)c5ccccn5)CC4=O)CCCCC3)cc2c1.C[C@H]1CC(NC(=O)C2(NC(=O)OC(C)(C)C)CCCCC2)C(O)CN(S(=O)(=O)c2ccccn2)C1.C[C@H]1CC=CCN(S(=O)(=O)c2ccccn2)C1.C[C@H]1C[C@H](N)[C@@H](O)CN(S(=O)(=O)c2ccccn2)C1. The number of furan rings is 1. The molecule has 0 bridgehead atoms. The first-order valence-corrected chi connectivity index (χ1v) is 47.2. The molecule has 4 aliphatic heterocycles. The van der Waals surface area contributed by atoms with Crippen molar-refractivity contribution in [3.05, 3.63) is 152 Å². The molecule has 6 aliphatic rings. The first-order chi connectivity index (χ1) is 57.7. The van der Waals surface area contributed by atoms with Gasteiger partial charge < -0.3 is 55.8 Å². The van der Waals surface area contributed by atoms with Crippen molar-refractivity contribution in [1.29, 1.82) is 0 Å². The molecule has 9 heterocycles. The maximum absolute atomic E-state index is 13.8. The number of aromatic nitrogens is 4. The van der Waals surface area contributed by atoms with Gasteiger partial charge in [-0.3, -0.25) is 24.0 Å². The minimum Gasteiger partial charge on any atom is -0.497 e. The third kappa shape index (κ3) is 27.2. The molecule has 37 heteroatoms. The van der Waals surface area contributed by atoms with Gasteiger partial charge >= 0.3 is 12.1 Å². The fourth-order valence-corrected chi connectivity index (χ4v) is 21.1. The minimum absolute atomic E-state index is 0.00451. The molecule has 670 valence electrons. The third-order valence-corrected chi connectivity index (χ3v) is 28.6. The van der Waals surface area contributed by atoms with Crippen molar-refractivity contribution in [3.63, 3.8) is 0 Å². The van der Waals surface area contributed by atoms with Crippen LogP contribution in [0, 0.1) is 29.6 Å². The Labute approximate surface area is 717 Å². The Morgan fingerprint density at radius 3 is 1.57 bits per heavy atom. The molecule has 12 rings (SSSR count). The molecule has 3 unspecified atom stereocenters. The Hall–Kier alpha value is -9.02. The van der Waals surface area contributed by atoms with E-state index in [1.54, 1.807) is 114 Å². The number of ketones is 1. The highest BCUT2D eigenvalue weighted by Crippen LogP contribution is 2.35. The normalized spacial score (nSPS) is 23.5. The molecule has 2 aliphatic carbocycles. The third-order valence-electron chi connectivity index (χ3n) is 21.6. The molecule has 4 amide bonds. The summed E-state index contributed by atoms with van der Waals surface area (Å²) in [6.07, 6.45) is 18.4. The number of benzene rings is 1. The number of methoxy groups -OCH3 is 1. The lowest BCUT2D eigenvalue weighted by atomic mass is 9.80. The highest BCUT2D eigenvalue weighted by Gasteiger charge is 2.47. The van der Waals surface area contributed by atoms with Gasteiger partial charge in [0, 0.05) is 82.0 Å². The van der Waals surface area contributed by atoms with Crippen molar-refractivity contribution in [2.24, 2.45) is 35.3 Å². The molecule has 6 aromatic rings. The smallest absolute Gasteiger partial charge is 0.408 e. The Bertz CT molecular complexity index is 4960. The number of carbonyl (C=O) groups is 6. The van der Waals surface area contributed by atoms with Crippen LogP contribution in [-0.4, -0.2) is 230 Å². The number of ether oxygens (including phenoxy) is 3. The van der Waals surface area contributed by atoms with Gasteiger partial charge in [-0.15, -0.1) is 6.58 Å². The largest absolute Gasteiger partial charge is 0.497 e. The quantitative estimate of drug-likeness (QED) is 0.0278. The van der Waals surface area contributed by atoms with E-state index in [9.17, 15) is 72.7 Å². The number of amides is 4. The van der Waals surface area contributed by atoms with Crippen molar-refractivity contribution in [1.82, 2.24) is 58.4 Å². The van der Waals surface area contributed by atoms with Crippen LogP contribution in [0.15, 0.2) is 171 Å². The number of rotatable bonds is 20. The number of nitrogens with two attached hydrogens (primary N) is 1. The number of Topliss-reactive ketones (excluding diaryl/α,β-unsaturated/α-hetero) is 1. The van der Waals surface area contributed by atoms with Gasteiger partial charge in [-0.1, -0.05) is 116 Å². The molecular weight excluding hydrogens is 1650 g/mol. The number of nitrogens with zero attached hydrogens (tertiary/aromatic N) is 8. The fourth-order valence-electron chi connectivity index (χ4n) is 15.2. The van der Waals surface area contributed by atoms with E-state index in [2.05, 4.69) is 54.7 Å². The Morgan fingerprint density at radius 1 is 0.607 bits per heavy atom. The zero-order valence-corrected chi connectivity index (χ0v) is 74.5. The van der Waals surface area contributed by atoms with Crippen molar-refractivity contribution in [2.45, 2.75) is 226 Å². The standard InChI is InChI=1S/C29H34N4O7S.C24H38N4O6S.C12H19N3O3S.C12H16N2O2S.C8H14O2/c1-19-14-22(23(34)18-33(17-19)41(37,38)26-8-4-7-13-30-26)31-28(36)29(11-5-3-6-12-29)32-27(35)25-16-20-15-21(39-2)9-10-24(20)40-25;1-17-14-18(19(29)16-28(15-17)35(32,33)20-10-6-9-13-25-20)26-21(30)24(11-7-5-8-12-24)27-22(31)34-23(2,3)4;1-9-6-10(13)11(16)8-15(7-9)19(17,18)12-4-2-3-5-14-12;1-11-6-3-5-9-14(10-11)17(15,16)12-7-2-4-8-13-12;1-4-6-7(3)8(9)10-5-2/h4,7-10,13,15-16,19,22H,3,5-6,11-12,14,17-18H2,1-2H3,(H,31,36)(H,32,35);6,9-10,13,17-19,29H,5,7-8,11-12,14-16H2,1-4H3,(H,26,30)(H,27,31);2-5,9-11,16H,6-8,13H2,1H3;2-5,7-8,11H,6,9-10H2,1H3;4,7H,1,5-6H2,2-3H3/t19-,22-;17-,18?,19?;9-,10-,11-;11-;/m0000./s1. The van der Waals surface area contributed by atoms with Gasteiger partial charge in [0.2, 0.25) is 11.8 Å². The fraction of sp³-hybridized carbons (Fsp3) is 0.553. The number of hydrogen-bond donors (Lipinski definition) is 7. The van der Waals surface area contributed by atoms with Gasteiger partial charge in [-0.25, -0.2) is 58.4 Å². The minimum atomic E-state index is -3.98. The highest BCUT2D eigenvalue weighted by atomic mass is 32.2. The van der Waals surface area contributed by atoms with E-state index in [1.807, 2.05) is 39.8 Å². The number of hydrogen-bond acceptors (Lipinski definition) is 25. The van der Waals surface area contributed by atoms with E-state index >= 15 is 0 Å². The zero-order valence-electron chi connectivity index (χ0n) is 71.3. The Morgan fingerprint density at radius 2 is 1.07 bits per heavy atom. The lowest BCUT2D eigenvalue weighted by molar-refractivity contribution is -0.147.